The Kier molecular flexibility index (Phi) is 4.54. The van der Waals surface area contributed by atoms with Crippen molar-refractivity contribution in [1.82, 2.24) is 10.6 Å². The van der Waals surface area contributed by atoms with Crippen LogP contribution >= 0.6 is 0 Å². The SMILES string of the molecule is CNC(=O)CNC1(CO)CCC(C)CC1. The number of likely N-dealkylation sites (N-methyl/N-ethyl adjacent to an activating group) is 1. The lowest BCUT2D eigenvalue weighted by atomic mass is 9.77. The van der Waals surface area contributed by atoms with Crippen molar-refractivity contribution in [3.63, 3.8) is 0 Å². The van der Waals surface area contributed by atoms with Crippen molar-refractivity contribution >= 4 is 5.91 Å². The van der Waals surface area contributed by atoms with Crippen molar-refractivity contribution in [3.05, 3.63) is 0 Å². The first kappa shape index (κ1) is 12.5. The molecular formula is C11H22N2O2. The molecule has 15 heavy (non-hydrogen) atoms. The normalized spacial score (nSPS) is 31.3. The molecule has 88 valence electrons. The number of aliphatic hydroxyl groups is 1. The van der Waals surface area contributed by atoms with Gasteiger partial charge in [0.1, 0.15) is 0 Å². The van der Waals surface area contributed by atoms with Gasteiger partial charge >= 0.3 is 0 Å². The third kappa shape index (κ3) is 3.47. The van der Waals surface area contributed by atoms with E-state index in [0.29, 0.717) is 6.54 Å². The maximum absolute atomic E-state index is 11.1. The van der Waals surface area contributed by atoms with E-state index in [-0.39, 0.29) is 18.1 Å². The second-order valence-electron chi connectivity index (χ2n) is 4.65. The van der Waals surface area contributed by atoms with Crippen LogP contribution in [0.3, 0.4) is 0 Å². The van der Waals surface area contributed by atoms with Gasteiger partial charge in [-0.2, -0.15) is 0 Å². The van der Waals surface area contributed by atoms with Gasteiger partial charge in [-0.15, -0.1) is 0 Å². The van der Waals surface area contributed by atoms with E-state index in [1.54, 1.807) is 7.05 Å². The molecule has 1 saturated carbocycles. The second-order valence-corrected chi connectivity index (χ2v) is 4.65. The highest BCUT2D eigenvalue weighted by molar-refractivity contribution is 5.77. The van der Waals surface area contributed by atoms with Crippen molar-refractivity contribution in [2.45, 2.75) is 38.1 Å². The summed E-state index contributed by atoms with van der Waals surface area (Å²) < 4.78 is 0. The molecule has 0 unspecified atom stereocenters. The van der Waals surface area contributed by atoms with E-state index in [1.807, 2.05) is 0 Å². The monoisotopic (exact) mass is 214 g/mol. The molecule has 1 fully saturated rings. The Balaban J connectivity index is 2.43. The highest BCUT2D eigenvalue weighted by Crippen LogP contribution is 2.31. The number of rotatable bonds is 4. The first-order valence-corrected chi connectivity index (χ1v) is 5.68. The summed E-state index contributed by atoms with van der Waals surface area (Å²) in [5, 5.41) is 15.2. The molecule has 0 aromatic heterocycles. The van der Waals surface area contributed by atoms with Crippen LogP contribution in [0, 0.1) is 5.92 Å². The predicted molar refractivity (Wildman–Crippen MR) is 59.5 cm³/mol. The van der Waals surface area contributed by atoms with Gasteiger partial charge in [0.05, 0.1) is 13.2 Å². The number of nitrogens with one attached hydrogen (secondary N) is 2. The van der Waals surface area contributed by atoms with Gasteiger partial charge in [-0.05, 0) is 31.6 Å². The number of hydrogen-bond acceptors (Lipinski definition) is 3. The van der Waals surface area contributed by atoms with E-state index in [0.717, 1.165) is 31.6 Å². The van der Waals surface area contributed by atoms with E-state index >= 15 is 0 Å². The molecule has 0 aromatic rings. The maximum atomic E-state index is 11.1. The zero-order valence-electron chi connectivity index (χ0n) is 9.68. The van der Waals surface area contributed by atoms with Crippen LogP contribution in [0.25, 0.3) is 0 Å². The van der Waals surface area contributed by atoms with Crippen LogP contribution in [0.1, 0.15) is 32.6 Å². The van der Waals surface area contributed by atoms with Crippen molar-refractivity contribution < 1.29 is 9.90 Å². The molecule has 0 saturated heterocycles. The van der Waals surface area contributed by atoms with Crippen LogP contribution < -0.4 is 10.6 Å². The molecule has 0 aromatic carbocycles. The number of carbonyl (C=O) groups is 1. The molecule has 0 radical (unpaired) electrons. The number of aliphatic hydroxyl groups excluding tert-OH is 1. The minimum Gasteiger partial charge on any atom is -0.394 e. The minimum atomic E-state index is -0.223. The third-order valence-electron chi connectivity index (χ3n) is 3.44. The molecule has 0 atom stereocenters. The Morgan fingerprint density at radius 1 is 1.47 bits per heavy atom. The van der Waals surface area contributed by atoms with Gasteiger partial charge < -0.3 is 15.7 Å². The van der Waals surface area contributed by atoms with Crippen molar-refractivity contribution in [2.24, 2.45) is 5.92 Å². The molecule has 1 rings (SSSR count). The molecule has 0 bridgehead atoms. The number of carbonyl (C=O) groups excluding carboxylic acids is 1. The summed E-state index contributed by atoms with van der Waals surface area (Å²) in [6, 6.07) is 0. The molecular weight excluding hydrogens is 192 g/mol. The zero-order valence-corrected chi connectivity index (χ0v) is 9.68. The largest absolute Gasteiger partial charge is 0.394 e. The maximum Gasteiger partial charge on any atom is 0.233 e. The van der Waals surface area contributed by atoms with Gasteiger partial charge in [0.15, 0.2) is 0 Å². The molecule has 4 heteroatoms. The molecule has 0 spiro atoms. The van der Waals surface area contributed by atoms with Gasteiger partial charge in [0.2, 0.25) is 5.91 Å². The molecule has 3 N–H and O–H groups in total. The van der Waals surface area contributed by atoms with Crippen molar-refractivity contribution in [2.75, 3.05) is 20.2 Å². The molecule has 0 heterocycles. The van der Waals surface area contributed by atoms with Crippen LogP contribution in [0.4, 0.5) is 0 Å². The number of hydrogen-bond donors (Lipinski definition) is 3. The fourth-order valence-electron chi connectivity index (χ4n) is 2.06. The molecule has 1 amide bonds. The molecule has 4 nitrogen and oxygen atoms in total. The fourth-order valence-corrected chi connectivity index (χ4v) is 2.06. The highest BCUT2D eigenvalue weighted by atomic mass is 16.3. The van der Waals surface area contributed by atoms with E-state index < -0.39 is 0 Å². The van der Waals surface area contributed by atoms with Crippen molar-refractivity contribution in [3.8, 4) is 0 Å². The second kappa shape index (κ2) is 5.47. The molecule has 1 aliphatic rings. The summed E-state index contributed by atoms with van der Waals surface area (Å²) in [6.07, 6.45) is 4.17. The lowest BCUT2D eigenvalue weighted by Crippen LogP contribution is -2.53. The van der Waals surface area contributed by atoms with E-state index in [2.05, 4.69) is 17.6 Å². The Morgan fingerprint density at radius 2 is 2.07 bits per heavy atom. The molecule has 1 aliphatic carbocycles. The van der Waals surface area contributed by atoms with Gasteiger partial charge in [-0.3, -0.25) is 4.79 Å². The Labute approximate surface area is 91.4 Å². The van der Waals surface area contributed by atoms with E-state index in [1.165, 1.54) is 0 Å². The summed E-state index contributed by atoms with van der Waals surface area (Å²) in [6.45, 7) is 2.65. The number of amides is 1. The summed E-state index contributed by atoms with van der Waals surface area (Å²) in [5.74, 6) is 0.716. The van der Waals surface area contributed by atoms with Crippen LogP contribution in [-0.4, -0.2) is 36.8 Å². The Bertz CT molecular complexity index is 211. The van der Waals surface area contributed by atoms with Gasteiger partial charge in [-0.25, -0.2) is 0 Å². The van der Waals surface area contributed by atoms with Gasteiger partial charge in [-0.1, -0.05) is 6.92 Å². The van der Waals surface area contributed by atoms with Gasteiger partial charge in [0, 0.05) is 12.6 Å². The third-order valence-corrected chi connectivity index (χ3v) is 3.44. The summed E-state index contributed by atoms with van der Waals surface area (Å²) >= 11 is 0. The van der Waals surface area contributed by atoms with Crippen LogP contribution in [0.2, 0.25) is 0 Å². The first-order chi connectivity index (χ1) is 7.12. The average molecular weight is 214 g/mol. The van der Waals surface area contributed by atoms with Crippen LogP contribution in [-0.2, 0) is 4.79 Å². The van der Waals surface area contributed by atoms with E-state index in [4.69, 9.17) is 0 Å². The highest BCUT2D eigenvalue weighted by Gasteiger charge is 2.33. The van der Waals surface area contributed by atoms with E-state index in [9.17, 15) is 9.90 Å². The average Bonchev–Trinajstić information content (AvgIpc) is 2.28. The minimum absolute atomic E-state index is 0.0264. The Morgan fingerprint density at radius 3 is 2.53 bits per heavy atom. The lowest BCUT2D eigenvalue weighted by Gasteiger charge is -2.38. The Hall–Kier alpha value is -0.610. The van der Waals surface area contributed by atoms with Gasteiger partial charge in [0.25, 0.3) is 0 Å². The standard InChI is InChI=1S/C11H22N2O2/c1-9-3-5-11(8-14,6-4-9)13-7-10(15)12-2/h9,13-14H,3-8H2,1-2H3,(H,12,15). The zero-order chi connectivity index (χ0) is 11.3. The lowest BCUT2D eigenvalue weighted by molar-refractivity contribution is -0.120. The van der Waals surface area contributed by atoms with Crippen LogP contribution in [0.5, 0.6) is 0 Å². The smallest absolute Gasteiger partial charge is 0.233 e. The first-order valence-electron chi connectivity index (χ1n) is 5.68. The predicted octanol–water partition coefficient (Wildman–Crippen LogP) is 0.263. The summed E-state index contributed by atoms with van der Waals surface area (Å²) in [5.41, 5.74) is -0.223. The fraction of sp³-hybridized carbons (Fsp3) is 0.909. The van der Waals surface area contributed by atoms with Crippen LogP contribution in [0.15, 0.2) is 0 Å². The summed E-state index contributed by atoms with van der Waals surface area (Å²) in [4.78, 5) is 11.1. The summed E-state index contributed by atoms with van der Waals surface area (Å²) in [7, 11) is 1.62. The molecule has 0 aliphatic heterocycles. The topological polar surface area (TPSA) is 61.4 Å². The van der Waals surface area contributed by atoms with Crippen molar-refractivity contribution in [1.29, 1.82) is 0 Å². The quantitative estimate of drug-likeness (QED) is 0.629.